The number of carbonyl (C=O) groups excluding carboxylic acids is 1. The predicted molar refractivity (Wildman–Crippen MR) is 145 cm³/mol. The van der Waals surface area contributed by atoms with Crippen molar-refractivity contribution in [3.8, 4) is 5.75 Å². The first-order valence-electron chi connectivity index (χ1n) is 14.1. The molecule has 0 unspecified atom stereocenters. The number of amides is 1. The maximum absolute atomic E-state index is 13.0. The lowest BCUT2D eigenvalue weighted by Gasteiger charge is -2.48. The number of aliphatic hydroxyl groups excluding tert-OH is 1. The monoisotopic (exact) mass is 563 g/mol. The molecule has 2 aromatic rings. The third-order valence-corrected chi connectivity index (χ3v) is 8.16. The Morgan fingerprint density at radius 1 is 1.10 bits per heavy atom. The van der Waals surface area contributed by atoms with E-state index in [4.69, 9.17) is 9.84 Å². The summed E-state index contributed by atoms with van der Waals surface area (Å²) in [5.74, 6) is -0.669. The minimum atomic E-state index is -4.64. The number of hydrogen-bond donors (Lipinski definition) is 1. The SMILES string of the molecule is Cc1c(OCCCN(C)CCCO)ccc([C@H]2CCC[C@H]3CN(C(=O)c4cnc(C(F)(F)F)nc4)CCN32)c1C. The van der Waals surface area contributed by atoms with E-state index < -0.39 is 12.0 Å². The summed E-state index contributed by atoms with van der Waals surface area (Å²) in [6.07, 6.45) is 2.04. The predicted octanol–water partition coefficient (Wildman–Crippen LogP) is 4.25. The van der Waals surface area contributed by atoms with E-state index in [9.17, 15) is 18.0 Å². The van der Waals surface area contributed by atoms with Crippen LogP contribution in [0.1, 0.15) is 71.0 Å². The third kappa shape index (κ3) is 7.11. The van der Waals surface area contributed by atoms with Crippen LogP contribution in [0.3, 0.4) is 0 Å². The van der Waals surface area contributed by atoms with Gasteiger partial charge in [-0.1, -0.05) is 6.07 Å². The van der Waals surface area contributed by atoms with Crippen LogP contribution >= 0.6 is 0 Å². The molecule has 2 aliphatic heterocycles. The molecule has 40 heavy (non-hydrogen) atoms. The van der Waals surface area contributed by atoms with E-state index in [0.717, 1.165) is 68.9 Å². The number of alkyl halides is 3. The van der Waals surface area contributed by atoms with Gasteiger partial charge in [0, 0.05) is 63.8 Å². The average molecular weight is 564 g/mol. The molecule has 0 saturated carbocycles. The second kappa shape index (κ2) is 13.3. The summed E-state index contributed by atoms with van der Waals surface area (Å²) < 4.78 is 44.5. The molecule has 1 N–H and O–H groups in total. The highest BCUT2D eigenvalue weighted by molar-refractivity contribution is 5.93. The van der Waals surface area contributed by atoms with Crippen molar-refractivity contribution >= 4 is 5.91 Å². The van der Waals surface area contributed by atoms with Crippen LogP contribution in [-0.2, 0) is 6.18 Å². The van der Waals surface area contributed by atoms with Crippen LogP contribution in [0.5, 0.6) is 5.75 Å². The number of aromatic nitrogens is 2. The Morgan fingerprint density at radius 3 is 2.52 bits per heavy atom. The Hall–Kier alpha value is -2.76. The molecule has 2 fully saturated rings. The first-order chi connectivity index (χ1) is 19.1. The van der Waals surface area contributed by atoms with Crippen LogP contribution in [0.2, 0.25) is 0 Å². The van der Waals surface area contributed by atoms with E-state index >= 15 is 0 Å². The fourth-order valence-electron chi connectivity index (χ4n) is 5.84. The van der Waals surface area contributed by atoms with E-state index in [0.29, 0.717) is 26.2 Å². The molecule has 0 aliphatic carbocycles. The zero-order valence-corrected chi connectivity index (χ0v) is 23.6. The largest absolute Gasteiger partial charge is 0.493 e. The van der Waals surface area contributed by atoms with Gasteiger partial charge in [-0.2, -0.15) is 13.2 Å². The molecule has 8 nitrogen and oxygen atoms in total. The van der Waals surface area contributed by atoms with E-state index in [1.54, 1.807) is 4.90 Å². The van der Waals surface area contributed by atoms with Gasteiger partial charge in [0.2, 0.25) is 5.82 Å². The standard InChI is InChI=1S/C29H40F3N5O3/c1-20-21(2)26(40-16-6-12-35(3)11-5-15-38)10-9-24(20)25-8-4-7-23-19-36(13-14-37(23)25)27(39)22-17-33-28(34-18-22)29(30,31)32/h9-10,17-18,23,25,38H,4-8,11-16,19H2,1-3H3/t23-,25+/m0/s1. The third-order valence-electron chi connectivity index (χ3n) is 8.16. The number of hydrogen-bond acceptors (Lipinski definition) is 7. The van der Waals surface area contributed by atoms with Gasteiger partial charge in [0.1, 0.15) is 5.75 Å². The minimum absolute atomic E-state index is 0.0765. The van der Waals surface area contributed by atoms with Crippen molar-refractivity contribution in [1.82, 2.24) is 24.7 Å². The van der Waals surface area contributed by atoms with Gasteiger partial charge < -0.3 is 19.6 Å². The van der Waals surface area contributed by atoms with Gasteiger partial charge in [0.25, 0.3) is 5.91 Å². The number of halogens is 3. The molecule has 2 saturated heterocycles. The molecule has 4 rings (SSSR count). The molecular weight excluding hydrogens is 523 g/mol. The Morgan fingerprint density at radius 2 is 1.82 bits per heavy atom. The Bertz CT molecular complexity index is 1140. The Kier molecular flexibility index (Phi) is 10.0. The molecule has 3 heterocycles. The second-order valence-corrected chi connectivity index (χ2v) is 10.9. The van der Waals surface area contributed by atoms with Crippen LogP contribution in [-0.4, -0.2) is 94.7 Å². The molecule has 0 bridgehead atoms. The molecule has 1 aromatic heterocycles. The summed E-state index contributed by atoms with van der Waals surface area (Å²) in [4.78, 5) is 26.1. The molecule has 0 radical (unpaired) electrons. The fraction of sp³-hybridized carbons (Fsp3) is 0.621. The number of benzene rings is 1. The number of aliphatic hydroxyl groups is 1. The van der Waals surface area contributed by atoms with Gasteiger partial charge in [-0.15, -0.1) is 0 Å². The van der Waals surface area contributed by atoms with Crippen molar-refractivity contribution in [2.75, 3.05) is 53.0 Å². The van der Waals surface area contributed by atoms with Gasteiger partial charge in [0.15, 0.2) is 0 Å². The summed E-state index contributed by atoms with van der Waals surface area (Å²) in [6.45, 7) is 8.61. The number of rotatable bonds is 10. The van der Waals surface area contributed by atoms with Crippen LogP contribution < -0.4 is 4.74 Å². The zero-order valence-electron chi connectivity index (χ0n) is 23.6. The molecular formula is C29H40F3N5O3. The number of carbonyl (C=O) groups is 1. The molecule has 11 heteroatoms. The number of nitrogens with zero attached hydrogens (tertiary/aromatic N) is 5. The first kappa shape index (κ1) is 30.2. The highest BCUT2D eigenvalue weighted by atomic mass is 19.4. The van der Waals surface area contributed by atoms with E-state index in [-0.39, 0.29) is 30.2 Å². The van der Waals surface area contributed by atoms with Gasteiger partial charge >= 0.3 is 6.18 Å². The van der Waals surface area contributed by atoms with Gasteiger partial charge in [-0.25, -0.2) is 9.97 Å². The lowest BCUT2D eigenvalue weighted by atomic mass is 9.86. The van der Waals surface area contributed by atoms with Crippen molar-refractivity contribution in [2.45, 2.75) is 64.2 Å². The fourth-order valence-corrected chi connectivity index (χ4v) is 5.84. The summed E-state index contributed by atoms with van der Waals surface area (Å²) in [6, 6.07) is 4.68. The van der Waals surface area contributed by atoms with Crippen LogP contribution in [0.25, 0.3) is 0 Å². The molecule has 1 amide bonds. The van der Waals surface area contributed by atoms with E-state index in [2.05, 4.69) is 52.8 Å². The molecule has 1 aromatic carbocycles. The number of ether oxygens (including phenoxy) is 1. The van der Waals surface area contributed by atoms with Gasteiger partial charge in [-0.05, 0) is 75.8 Å². The molecule has 0 spiro atoms. The smallest absolute Gasteiger partial charge is 0.451 e. The summed E-state index contributed by atoms with van der Waals surface area (Å²) in [5, 5.41) is 8.97. The van der Waals surface area contributed by atoms with E-state index in [1.165, 1.54) is 11.1 Å². The summed E-state index contributed by atoms with van der Waals surface area (Å²) in [5.41, 5.74) is 3.73. The first-order valence-corrected chi connectivity index (χ1v) is 14.1. The van der Waals surface area contributed by atoms with Crippen LogP contribution in [0, 0.1) is 13.8 Å². The summed E-state index contributed by atoms with van der Waals surface area (Å²) in [7, 11) is 2.05. The van der Waals surface area contributed by atoms with Crippen molar-refractivity contribution in [2.24, 2.45) is 0 Å². The highest BCUT2D eigenvalue weighted by Gasteiger charge is 2.38. The maximum Gasteiger partial charge on any atom is 0.451 e. The van der Waals surface area contributed by atoms with Crippen LogP contribution in [0.4, 0.5) is 13.2 Å². The number of fused-ring (bicyclic) bond motifs is 1. The quantitative estimate of drug-likeness (QED) is 0.433. The molecule has 2 aliphatic rings. The lowest BCUT2D eigenvalue weighted by Crippen LogP contribution is -2.57. The maximum atomic E-state index is 13.0. The minimum Gasteiger partial charge on any atom is -0.493 e. The Labute approximate surface area is 234 Å². The van der Waals surface area contributed by atoms with Crippen LogP contribution in [0.15, 0.2) is 24.5 Å². The van der Waals surface area contributed by atoms with Gasteiger partial charge in [-0.3, -0.25) is 9.69 Å². The second-order valence-electron chi connectivity index (χ2n) is 10.9. The zero-order chi connectivity index (χ0) is 28.9. The molecule has 220 valence electrons. The topological polar surface area (TPSA) is 82.0 Å². The summed E-state index contributed by atoms with van der Waals surface area (Å²) >= 11 is 0. The number of piperazine rings is 1. The normalized spacial score (nSPS) is 20.1. The molecule has 2 atom stereocenters. The lowest BCUT2D eigenvalue weighted by molar-refractivity contribution is -0.145. The van der Waals surface area contributed by atoms with Crippen molar-refractivity contribution in [1.29, 1.82) is 0 Å². The van der Waals surface area contributed by atoms with E-state index in [1.807, 2.05) is 0 Å². The average Bonchev–Trinajstić information content (AvgIpc) is 2.95. The number of piperidine rings is 1. The Balaban J connectivity index is 1.37. The highest BCUT2D eigenvalue weighted by Crippen LogP contribution is 2.39. The van der Waals surface area contributed by atoms with Crippen molar-refractivity contribution in [3.63, 3.8) is 0 Å². The van der Waals surface area contributed by atoms with Gasteiger partial charge in [0.05, 0.1) is 12.2 Å². The van der Waals surface area contributed by atoms with Crippen molar-refractivity contribution < 1.29 is 27.8 Å². The van der Waals surface area contributed by atoms with Crippen molar-refractivity contribution in [3.05, 3.63) is 52.6 Å².